The van der Waals surface area contributed by atoms with Crippen LogP contribution < -0.4 is 4.90 Å². The third-order valence-corrected chi connectivity index (χ3v) is 3.35. The van der Waals surface area contributed by atoms with Gasteiger partial charge in [0.2, 0.25) is 0 Å². The van der Waals surface area contributed by atoms with E-state index in [0.717, 1.165) is 5.69 Å². The summed E-state index contributed by atoms with van der Waals surface area (Å²) in [5.41, 5.74) is 1.42. The molecule has 0 aliphatic rings. The van der Waals surface area contributed by atoms with E-state index in [1.54, 1.807) is 24.3 Å². The van der Waals surface area contributed by atoms with Crippen molar-refractivity contribution < 1.29 is 19.2 Å². The summed E-state index contributed by atoms with van der Waals surface area (Å²) < 4.78 is 4.99. The number of nitro groups is 1. The van der Waals surface area contributed by atoms with Gasteiger partial charge in [-0.05, 0) is 36.4 Å². The summed E-state index contributed by atoms with van der Waals surface area (Å²) in [6.45, 7) is -0.425. The monoisotopic (exact) mass is 328 g/mol. The maximum absolute atomic E-state index is 12.0. The van der Waals surface area contributed by atoms with Gasteiger partial charge in [0, 0.05) is 37.5 Å². The molecule has 0 aliphatic heterocycles. The number of carbonyl (C=O) groups excluding carboxylic acids is 2. The number of benzene rings is 2. The molecule has 0 radical (unpaired) electrons. The molecule has 24 heavy (non-hydrogen) atoms. The van der Waals surface area contributed by atoms with Crippen LogP contribution in [0.1, 0.15) is 20.7 Å². The highest BCUT2D eigenvalue weighted by molar-refractivity contribution is 5.99. The predicted molar refractivity (Wildman–Crippen MR) is 88.5 cm³/mol. The van der Waals surface area contributed by atoms with Crippen molar-refractivity contribution in [3.8, 4) is 0 Å². The fraction of sp³-hybridized carbons (Fsp3) is 0.176. The topological polar surface area (TPSA) is 89.8 Å². The normalized spacial score (nSPS) is 10.1. The van der Waals surface area contributed by atoms with E-state index in [9.17, 15) is 19.7 Å². The molecule has 0 saturated heterocycles. The Labute approximate surface area is 138 Å². The zero-order valence-electron chi connectivity index (χ0n) is 13.3. The number of ketones is 1. The summed E-state index contributed by atoms with van der Waals surface area (Å²) in [5.74, 6) is -1.03. The van der Waals surface area contributed by atoms with E-state index in [0.29, 0.717) is 5.56 Å². The Kier molecular flexibility index (Phi) is 5.26. The minimum atomic E-state index is -0.601. The molecule has 0 unspecified atom stereocenters. The van der Waals surface area contributed by atoms with Gasteiger partial charge in [0.15, 0.2) is 12.4 Å². The van der Waals surface area contributed by atoms with Crippen molar-refractivity contribution in [3.63, 3.8) is 0 Å². The largest absolute Gasteiger partial charge is 0.454 e. The Morgan fingerprint density at radius 3 is 2.04 bits per heavy atom. The number of Topliss-reactive ketones (excluding diaryl/α,β-unsaturated/α-hetero) is 1. The van der Waals surface area contributed by atoms with Gasteiger partial charge in [-0.25, -0.2) is 4.79 Å². The lowest BCUT2D eigenvalue weighted by Gasteiger charge is -2.12. The Morgan fingerprint density at radius 1 is 1.00 bits per heavy atom. The van der Waals surface area contributed by atoms with Crippen LogP contribution in [0.4, 0.5) is 11.4 Å². The lowest BCUT2D eigenvalue weighted by atomic mass is 10.1. The molecule has 0 N–H and O–H groups in total. The van der Waals surface area contributed by atoms with E-state index in [4.69, 9.17) is 4.74 Å². The van der Waals surface area contributed by atoms with Crippen LogP contribution in [0.3, 0.4) is 0 Å². The van der Waals surface area contributed by atoms with Crippen molar-refractivity contribution in [3.05, 3.63) is 69.8 Å². The van der Waals surface area contributed by atoms with E-state index >= 15 is 0 Å². The Morgan fingerprint density at radius 2 is 1.54 bits per heavy atom. The quantitative estimate of drug-likeness (QED) is 0.350. The number of non-ortho nitro benzene ring substituents is 1. The van der Waals surface area contributed by atoms with Gasteiger partial charge in [0.1, 0.15) is 0 Å². The molecule has 0 fully saturated rings. The Hall–Kier alpha value is -3.22. The lowest BCUT2D eigenvalue weighted by molar-refractivity contribution is -0.384. The Bertz CT molecular complexity index is 752. The van der Waals surface area contributed by atoms with Crippen LogP contribution in [-0.4, -0.2) is 37.4 Å². The number of rotatable bonds is 6. The molecular weight excluding hydrogens is 312 g/mol. The second kappa shape index (κ2) is 7.36. The molecule has 0 saturated carbocycles. The summed E-state index contributed by atoms with van der Waals surface area (Å²) in [4.78, 5) is 35.8. The van der Waals surface area contributed by atoms with Gasteiger partial charge >= 0.3 is 5.97 Å². The molecule has 2 aromatic carbocycles. The Balaban J connectivity index is 1.95. The molecule has 7 nitrogen and oxygen atoms in total. The first-order chi connectivity index (χ1) is 11.4. The van der Waals surface area contributed by atoms with Gasteiger partial charge in [-0.2, -0.15) is 0 Å². The molecule has 0 bridgehead atoms. The van der Waals surface area contributed by atoms with Crippen LogP contribution in [0, 0.1) is 10.1 Å². The van der Waals surface area contributed by atoms with Crippen LogP contribution in [0.25, 0.3) is 0 Å². The number of anilines is 1. The third-order valence-electron chi connectivity index (χ3n) is 3.35. The molecule has 0 heterocycles. The molecular formula is C17H16N2O5. The highest BCUT2D eigenvalue weighted by atomic mass is 16.6. The van der Waals surface area contributed by atoms with E-state index in [2.05, 4.69) is 0 Å². The third kappa shape index (κ3) is 4.16. The zero-order chi connectivity index (χ0) is 17.7. The maximum Gasteiger partial charge on any atom is 0.338 e. The summed E-state index contributed by atoms with van der Waals surface area (Å²) in [7, 11) is 3.77. The summed E-state index contributed by atoms with van der Waals surface area (Å²) in [5, 5.41) is 10.6. The molecule has 0 aliphatic carbocycles. The highest BCUT2D eigenvalue weighted by Gasteiger charge is 2.13. The van der Waals surface area contributed by atoms with Gasteiger partial charge in [-0.3, -0.25) is 14.9 Å². The van der Waals surface area contributed by atoms with Gasteiger partial charge in [-0.1, -0.05) is 0 Å². The van der Waals surface area contributed by atoms with Crippen LogP contribution in [0.5, 0.6) is 0 Å². The molecule has 2 rings (SSSR count). The molecule has 0 amide bonds. The van der Waals surface area contributed by atoms with Crippen LogP contribution in [0.2, 0.25) is 0 Å². The van der Waals surface area contributed by atoms with Crippen molar-refractivity contribution >= 4 is 23.1 Å². The fourth-order valence-corrected chi connectivity index (χ4v) is 1.96. The van der Waals surface area contributed by atoms with Crippen LogP contribution in [0.15, 0.2) is 48.5 Å². The first kappa shape index (κ1) is 17.1. The number of nitro benzene ring substituents is 1. The molecule has 124 valence electrons. The first-order valence-corrected chi connectivity index (χ1v) is 7.10. The SMILES string of the molecule is CN(C)c1ccc(C(=O)OCC(=O)c2ccc([N+](=O)[O-])cc2)cc1. The number of hydrogen-bond donors (Lipinski definition) is 0. The lowest BCUT2D eigenvalue weighted by Crippen LogP contribution is -2.14. The van der Waals surface area contributed by atoms with Gasteiger partial charge in [-0.15, -0.1) is 0 Å². The smallest absolute Gasteiger partial charge is 0.338 e. The predicted octanol–water partition coefficient (Wildman–Crippen LogP) is 2.70. The summed E-state index contributed by atoms with van der Waals surface area (Å²) >= 11 is 0. The van der Waals surface area contributed by atoms with E-state index < -0.39 is 23.3 Å². The molecule has 2 aromatic rings. The second-order valence-corrected chi connectivity index (χ2v) is 5.24. The van der Waals surface area contributed by atoms with Gasteiger partial charge in [0.05, 0.1) is 10.5 Å². The minimum absolute atomic E-state index is 0.107. The minimum Gasteiger partial charge on any atom is -0.454 e. The van der Waals surface area contributed by atoms with E-state index in [1.165, 1.54) is 24.3 Å². The number of esters is 1. The van der Waals surface area contributed by atoms with Crippen LogP contribution in [-0.2, 0) is 4.74 Å². The molecule has 0 atom stereocenters. The number of nitrogens with zero attached hydrogens (tertiary/aromatic N) is 2. The number of hydrogen-bond acceptors (Lipinski definition) is 6. The maximum atomic E-state index is 12.0. The average molecular weight is 328 g/mol. The first-order valence-electron chi connectivity index (χ1n) is 7.10. The van der Waals surface area contributed by atoms with Crippen molar-refractivity contribution in [1.29, 1.82) is 0 Å². The number of ether oxygens (including phenoxy) is 1. The fourth-order valence-electron chi connectivity index (χ4n) is 1.96. The zero-order valence-corrected chi connectivity index (χ0v) is 13.3. The average Bonchev–Trinajstić information content (AvgIpc) is 2.59. The van der Waals surface area contributed by atoms with Gasteiger partial charge < -0.3 is 9.64 Å². The standard InChI is InChI=1S/C17H16N2O5/c1-18(2)14-7-5-13(6-8-14)17(21)24-11-16(20)12-3-9-15(10-4-12)19(22)23/h3-10H,11H2,1-2H3. The summed E-state index contributed by atoms with van der Waals surface area (Å²) in [6.07, 6.45) is 0. The number of carbonyl (C=O) groups is 2. The van der Waals surface area contributed by atoms with Crippen molar-refractivity contribution in [1.82, 2.24) is 0 Å². The highest BCUT2D eigenvalue weighted by Crippen LogP contribution is 2.14. The van der Waals surface area contributed by atoms with Gasteiger partial charge in [0.25, 0.3) is 5.69 Å². The molecule has 7 heteroatoms. The van der Waals surface area contributed by atoms with Crippen molar-refractivity contribution in [2.45, 2.75) is 0 Å². The van der Waals surface area contributed by atoms with E-state index in [-0.39, 0.29) is 11.3 Å². The molecule has 0 spiro atoms. The van der Waals surface area contributed by atoms with E-state index in [1.807, 2.05) is 19.0 Å². The molecule has 0 aromatic heterocycles. The summed E-state index contributed by atoms with van der Waals surface area (Å²) in [6, 6.07) is 11.9. The van der Waals surface area contributed by atoms with Crippen LogP contribution >= 0.6 is 0 Å². The second-order valence-electron chi connectivity index (χ2n) is 5.24. The van der Waals surface area contributed by atoms with Crippen molar-refractivity contribution in [2.24, 2.45) is 0 Å². The van der Waals surface area contributed by atoms with Crippen molar-refractivity contribution in [2.75, 3.05) is 25.6 Å².